The number of ketones is 1. The monoisotopic (exact) mass is 193 g/mol. The third-order valence-electron chi connectivity index (χ3n) is 2.34. The van der Waals surface area contributed by atoms with Crippen LogP contribution in [0.2, 0.25) is 0 Å². The number of piperidine rings is 1. The van der Waals surface area contributed by atoms with Crippen molar-refractivity contribution >= 4 is 11.7 Å². The van der Waals surface area contributed by atoms with Crippen LogP contribution in [0.5, 0.6) is 0 Å². The maximum atomic E-state index is 11.7. The predicted octanol–water partition coefficient (Wildman–Crippen LogP) is 1.08. The van der Waals surface area contributed by atoms with E-state index >= 15 is 0 Å². The van der Waals surface area contributed by atoms with Crippen LogP contribution < -0.4 is 0 Å². The Morgan fingerprint density at radius 2 is 2.07 bits per heavy atom. The van der Waals surface area contributed by atoms with Crippen molar-refractivity contribution in [2.45, 2.75) is 12.8 Å². The zero-order chi connectivity index (χ0) is 9.97. The summed E-state index contributed by atoms with van der Waals surface area (Å²) in [4.78, 5) is 24.3. The Bertz CT molecular complexity index is 332. The molecule has 4 nitrogen and oxygen atoms in total. The van der Waals surface area contributed by atoms with E-state index < -0.39 is 0 Å². The number of amides is 1. The molecule has 0 bridgehead atoms. The molecule has 2 heterocycles. The summed E-state index contributed by atoms with van der Waals surface area (Å²) < 4.78 is 5.00. The molecule has 0 atom stereocenters. The van der Waals surface area contributed by atoms with Gasteiger partial charge in [-0.15, -0.1) is 0 Å². The minimum absolute atomic E-state index is 0.123. The Hall–Kier alpha value is -1.58. The fourth-order valence-electron chi connectivity index (χ4n) is 1.52. The van der Waals surface area contributed by atoms with Gasteiger partial charge >= 0.3 is 0 Å². The van der Waals surface area contributed by atoms with Gasteiger partial charge in [-0.1, -0.05) is 0 Å². The van der Waals surface area contributed by atoms with Crippen LogP contribution in [-0.4, -0.2) is 29.7 Å². The van der Waals surface area contributed by atoms with E-state index in [-0.39, 0.29) is 11.7 Å². The van der Waals surface area contributed by atoms with Crippen LogP contribution in [0.1, 0.15) is 23.4 Å². The largest absolute Gasteiger partial charge is 0.459 e. The first-order chi connectivity index (χ1) is 6.77. The Balaban J connectivity index is 2.03. The molecule has 14 heavy (non-hydrogen) atoms. The number of carbonyl (C=O) groups excluding carboxylic acids is 2. The second-order valence-corrected chi connectivity index (χ2v) is 3.31. The van der Waals surface area contributed by atoms with Crippen LogP contribution in [-0.2, 0) is 4.79 Å². The fourth-order valence-corrected chi connectivity index (χ4v) is 1.52. The molecule has 0 N–H and O–H groups in total. The molecule has 2 rings (SSSR count). The molecule has 74 valence electrons. The lowest BCUT2D eigenvalue weighted by Gasteiger charge is -2.24. The first-order valence-corrected chi connectivity index (χ1v) is 4.62. The van der Waals surface area contributed by atoms with Crippen LogP contribution in [0, 0.1) is 0 Å². The van der Waals surface area contributed by atoms with Gasteiger partial charge in [-0.3, -0.25) is 9.59 Å². The topological polar surface area (TPSA) is 50.5 Å². The van der Waals surface area contributed by atoms with Crippen LogP contribution in [0.4, 0.5) is 0 Å². The van der Waals surface area contributed by atoms with E-state index in [4.69, 9.17) is 4.42 Å². The highest BCUT2D eigenvalue weighted by molar-refractivity contribution is 5.93. The molecule has 0 aliphatic carbocycles. The first-order valence-electron chi connectivity index (χ1n) is 4.62. The maximum Gasteiger partial charge on any atom is 0.289 e. The summed E-state index contributed by atoms with van der Waals surface area (Å²) in [7, 11) is 0. The predicted molar refractivity (Wildman–Crippen MR) is 48.9 cm³/mol. The number of rotatable bonds is 1. The van der Waals surface area contributed by atoms with Crippen molar-refractivity contribution in [3.05, 3.63) is 24.2 Å². The molecule has 1 aliphatic heterocycles. The van der Waals surface area contributed by atoms with Crippen molar-refractivity contribution in [2.75, 3.05) is 13.1 Å². The van der Waals surface area contributed by atoms with E-state index in [2.05, 4.69) is 0 Å². The van der Waals surface area contributed by atoms with Gasteiger partial charge in [-0.25, -0.2) is 0 Å². The summed E-state index contributed by atoms with van der Waals surface area (Å²) in [5.41, 5.74) is 0. The number of carbonyl (C=O) groups is 2. The third-order valence-corrected chi connectivity index (χ3v) is 2.34. The number of furan rings is 1. The van der Waals surface area contributed by atoms with Crippen LogP contribution >= 0.6 is 0 Å². The van der Waals surface area contributed by atoms with E-state index in [1.807, 2.05) is 0 Å². The zero-order valence-corrected chi connectivity index (χ0v) is 7.73. The standard InChI is InChI=1S/C10H11NO3/c12-8-3-5-11(6-4-8)10(13)9-2-1-7-14-9/h1-2,7H,3-6H2. The van der Waals surface area contributed by atoms with Gasteiger partial charge < -0.3 is 9.32 Å². The molecule has 0 spiro atoms. The Morgan fingerprint density at radius 1 is 1.36 bits per heavy atom. The van der Waals surface area contributed by atoms with Crippen molar-refractivity contribution < 1.29 is 14.0 Å². The van der Waals surface area contributed by atoms with E-state index in [0.29, 0.717) is 31.7 Å². The molecule has 1 aromatic rings. The summed E-state index contributed by atoms with van der Waals surface area (Å²) >= 11 is 0. The summed E-state index contributed by atoms with van der Waals surface area (Å²) in [5.74, 6) is 0.454. The highest BCUT2D eigenvalue weighted by Crippen LogP contribution is 2.11. The van der Waals surface area contributed by atoms with E-state index in [0.717, 1.165) is 0 Å². The van der Waals surface area contributed by atoms with Gasteiger partial charge in [0.2, 0.25) is 0 Å². The first kappa shape index (κ1) is 8.99. The maximum absolute atomic E-state index is 11.7. The van der Waals surface area contributed by atoms with Crippen molar-refractivity contribution in [2.24, 2.45) is 0 Å². The van der Waals surface area contributed by atoms with Crippen molar-refractivity contribution in [3.8, 4) is 0 Å². The third kappa shape index (κ3) is 1.69. The molecule has 1 saturated heterocycles. The van der Waals surface area contributed by atoms with Crippen LogP contribution in [0.3, 0.4) is 0 Å². The van der Waals surface area contributed by atoms with E-state index in [1.54, 1.807) is 17.0 Å². The quantitative estimate of drug-likeness (QED) is 0.670. The van der Waals surface area contributed by atoms with Gasteiger partial charge in [0, 0.05) is 25.9 Å². The molecule has 1 aliphatic rings. The van der Waals surface area contributed by atoms with E-state index in [1.165, 1.54) is 6.26 Å². The number of nitrogens with zero attached hydrogens (tertiary/aromatic N) is 1. The number of hydrogen-bond acceptors (Lipinski definition) is 3. The summed E-state index contributed by atoms with van der Waals surface area (Å²) in [6.07, 6.45) is 2.40. The number of likely N-dealkylation sites (tertiary alicyclic amines) is 1. The average Bonchev–Trinajstić information content (AvgIpc) is 2.71. The lowest BCUT2D eigenvalue weighted by molar-refractivity contribution is -0.120. The molecular formula is C10H11NO3. The molecule has 1 fully saturated rings. The summed E-state index contributed by atoms with van der Waals surface area (Å²) in [5, 5.41) is 0. The van der Waals surface area contributed by atoms with Gasteiger partial charge in [-0.2, -0.15) is 0 Å². The highest BCUT2D eigenvalue weighted by atomic mass is 16.3. The fraction of sp³-hybridized carbons (Fsp3) is 0.400. The minimum Gasteiger partial charge on any atom is -0.459 e. The SMILES string of the molecule is O=C1CCN(C(=O)c2ccco2)CC1. The molecule has 0 unspecified atom stereocenters. The summed E-state index contributed by atoms with van der Waals surface area (Å²) in [6.45, 7) is 1.02. The second kappa shape index (κ2) is 3.65. The lowest BCUT2D eigenvalue weighted by Crippen LogP contribution is -2.38. The van der Waals surface area contributed by atoms with Crippen molar-refractivity contribution in [3.63, 3.8) is 0 Å². The lowest BCUT2D eigenvalue weighted by atomic mass is 10.1. The Morgan fingerprint density at radius 3 is 2.64 bits per heavy atom. The van der Waals surface area contributed by atoms with Gasteiger partial charge in [-0.05, 0) is 12.1 Å². The van der Waals surface area contributed by atoms with Crippen molar-refractivity contribution in [1.29, 1.82) is 0 Å². The van der Waals surface area contributed by atoms with Gasteiger partial charge in [0.05, 0.1) is 6.26 Å². The van der Waals surface area contributed by atoms with E-state index in [9.17, 15) is 9.59 Å². The molecular weight excluding hydrogens is 182 g/mol. The molecule has 4 heteroatoms. The van der Waals surface area contributed by atoms with Crippen molar-refractivity contribution in [1.82, 2.24) is 4.90 Å². The zero-order valence-electron chi connectivity index (χ0n) is 7.73. The van der Waals surface area contributed by atoms with Gasteiger partial charge in [0.25, 0.3) is 5.91 Å². The normalized spacial score (nSPS) is 17.1. The second-order valence-electron chi connectivity index (χ2n) is 3.31. The molecule has 0 saturated carbocycles. The minimum atomic E-state index is -0.123. The van der Waals surface area contributed by atoms with Crippen LogP contribution in [0.25, 0.3) is 0 Å². The molecule has 0 aromatic carbocycles. The van der Waals surface area contributed by atoms with Gasteiger partial charge in [0.15, 0.2) is 5.76 Å². The van der Waals surface area contributed by atoms with Gasteiger partial charge in [0.1, 0.15) is 5.78 Å². The highest BCUT2D eigenvalue weighted by Gasteiger charge is 2.23. The smallest absolute Gasteiger partial charge is 0.289 e. The molecule has 1 amide bonds. The number of hydrogen-bond donors (Lipinski definition) is 0. The summed E-state index contributed by atoms with van der Waals surface area (Å²) in [6, 6.07) is 3.32. The molecule has 0 radical (unpaired) electrons. The number of Topliss-reactive ketones (excluding diaryl/α,β-unsaturated/α-hetero) is 1. The average molecular weight is 193 g/mol. The Kier molecular flexibility index (Phi) is 2.35. The molecule has 1 aromatic heterocycles. The van der Waals surface area contributed by atoms with Crippen LogP contribution in [0.15, 0.2) is 22.8 Å². The Labute approximate surface area is 81.5 Å².